The number of halogens is 1. The zero-order chi connectivity index (χ0) is 12.6. The number of aromatic nitrogens is 2. The first-order valence-corrected chi connectivity index (χ1v) is 5.16. The highest BCUT2D eigenvalue weighted by atomic mass is 19.1. The molecule has 92 valence electrons. The van der Waals surface area contributed by atoms with Crippen LogP contribution in [0, 0.1) is 6.92 Å². The molecule has 1 unspecified atom stereocenters. The number of nitrogens with one attached hydrogen (secondary N) is 1. The zero-order valence-corrected chi connectivity index (χ0v) is 9.23. The molecule has 1 aromatic heterocycles. The van der Waals surface area contributed by atoms with Crippen molar-refractivity contribution in [3.05, 3.63) is 17.5 Å². The van der Waals surface area contributed by atoms with Gasteiger partial charge >= 0.3 is 5.97 Å². The van der Waals surface area contributed by atoms with Gasteiger partial charge in [-0.2, -0.15) is 5.10 Å². The first kappa shape index (κ1) is 11.6. The molecule has 0 saturated carbocycles. The summed E-state index contributed by atoms with van der Waals surface area (Å²) in [5.74, 6) is -1.97. The number of nitrogens with zero attached hydrogens (tertiary/aromatic N) is 2. The monoisotopic (exact) mass is 241 g/mol. The summed E-state index contributed by atoms with van der Waals surface area (Å²) in [6, 6.07) is 1.54. The molecule has 0 bridgehead atoms. The number of amides is 1. The number of likely N-dealkylation sites (tertiary alicyclic amines) is 1. The average molecular weight is 241 g/mol. The molecule has 2 rings (SSSR count). The van der Waals surface area contributed by atoms with Crippen LogP contribution in [0.3, 0.4) is 0 Å². The highest BCUT2D eigenvalue weighted by Gasteiger charge is 2.47. The fraction of sp³-hybridized carbons (Fsp3) is 0.500. The zero-order valence-electron chi connectivity index (χ0n) is 9.23. The van der Waals surface area contributed by atoms with Gasteiger partial charge in [0.2, 0.25) is 5.67 Å². The number of aromatic amines is 1. The minimum atomic E-state index is -2.33. The summed E-state index contributed by atoms with van der Waals surface area (Å²) in [4.78, 5) is 23.7. The Bertz CT molecular complexity index is 473. The van der Waals surface area contributed by atoms with Gasteiger partial charge in [0.05, 0.1) is 6.54 Å². The third-order valence-corrected chi connectivity index (χ3v) is 2.82. The Morgan fingerprint density at radius 1 is 1.65 bits per heavy atom. The second-order valence-corrected chi connectivity index (χ2v) is 4.18. The van der Waals surface area contributed by atoms with Crippen molar-refractivity contribution in [2.24, 2.45) is 0 Å². The van der Waals surface area contributed by atoms with E-state index in [0.717, 1.165) is 5.69 Å². The Balaban J connectivity index is 2.11. The van der Waals surface area contributed by atoms with Crippen molar-refractivity contribution in [1.82, 2.24) is 15.1 Å². The molecule has 1 atom stereocenters. The molecule has 2 N–H and O–H groups in total. The predicted molar refractivity (Wildman–Crippen MR) is 55.3 cm³/mol. The first-order valence-electron chi connectivity index (χ1n) is 5.16. The van der Waals surface area contributed by atoms with Crippen molar-refractivity contribution in [3.8, 4) is 0 Å². The number of alkyl halides is 1. The third-order valence-electron chi connectivity index (χ3n) is 2.82. The Hall–Kier alpha value is -1.92. The molecule has 1 amide bonds. The molecule has 1 aromatic rings. The van der Waals surface area contributed by atoms with Crippen LogP contribution in [-0.4, -0.2) is 50.8 Å². The number of hydrogen-bond donors (Lipinski definition) is 2. The van der Waals surface area contributed by atoms with Gasteiger partial charge in [0.25, 0.3) is 5.91 Å². The smallest absolute Gasteiger partial charge is 0.343 e. The third kappa shape index (κ3) is 2.00. The molecule has 2 heterocycles. The molecule has 7 heteroatoms. The van der Waals surface area contributed by atoms with E-state index in [1.54, 1.807) is 13.0 Å². The number of H-pyrrole nitrogens is 1. The first-order chi connectivity index (χ1) is 7.92. The number of carbonyl (C=O) groups is 2. The van der Waals surface area contributed by atoms with Gasteiger partial charge in [-0.1, -0.05) is 0 Å². The number of aryl methyl sites for hydroxylation is 1. The lowest BCUT2D eigenvalue weighted by Gasteiger charge is -2.16. The summed E-state index contributed by atoms with van der Waals surface area (Å²) >= 11 is 0. The quantitative estimate of drug-likeness (QED) is 0.782. The summed E-state index contributed by atoms with van der Waals surface area (Å²) < 4.78 is 13.7. The number of aliphatic carboxylic acids is 1. The van der Waals surface area contributed by atoms with Crippen molar-refractivity contribution in [1.29, 1.82) is 0 Å². The molecule has 0 spiro atoms. The number of carboxylic acid groups (broad SMARTS) is 1. The van der Waals surface area contributed by atoms with Crippen LogP contribution in [0.15, 0.2) is 6.07 Å². The van der Waals surface area contributed by atoms with Crippen molar-refractivity contribution >= 4 is 11.9 Å². The molecular weight excluding hydrogens is 229 g/mol. The number of carbonyl (C=O) groups excluding carboxylic acids is 1. The van der Waals surface area contributed by atoms with Gasteiger partial charge in [0.1, 0.15) is 5.69 Å². The van der Waals surface area contributed by atoms with Gasteiger partial charge in [-0.3, -0.25) is 9.89 Å². The Labute approximate surface area is 96.4 Å². The van der Waals surface area contributed by atoms with Crippen LogP contribution >= 0.6 is 0 Å². The molecule has 1 saturated heterocycles. The number of carboxylic acids is 1. The molecule has 1 aliphatic rings. The van der Waals surface area contributed by atoms with Crippen LogP contribution in [0.1, 0.15) is 22.6 Å². The normalized spacial score (nSPS) is 24.0. The fourth-order valence-corrected chi connectivity index (χ4v) is 1.81. The molecule has 17 heavy (non-hydrogen) atoms. The average Bonchev–Trinajstić information content (AvgIpc) is 2.85. The van der Waals surface area contributed by atoms with E-state index in [9.17, 15) is 14.0 Å². The van der Waals surface area contributed by atoms with E-state index >= 15 is 0 Å². The van der Waals surface area contributed by atoms with Gasteiger partial charge in [0, 0.05) is 18.7 Å². The molecule has 1 fully saturated rings. The van der Waals surface area contributed by atoms with E-state index in [1.807, 2.05) is 0 Å². The van der Waals surface area contributed by atoms with Gasteiger partial charge in [-0.25, -0.2) is 9.18 Å². The molecule has 0 aliphatic carbocycles. The number of rotatable bonds is 2. The Morgan fingerprint density at radius 3 is 2.82 bits per heavy atom. The lowest BCUT2D eigenvalue weighted by atomic mass is 10.1. The van der Waals surface area contributed by atoms with Crippen LogP contribution in [0.4, 0.5) is 4.39 Å². The Kier molecular flexibility index (Phi) is 2.60. The standard InChI is InChI=1S/C10H12FN3O3/c1-6-4-7(13-12-6)8(15)14-3-2-10(11,5-14)9(16)17/h4H,2-3,5H2,1H3,(H,12,13)(H,16,17). The van der Waals surface area contributed by atoms with Crippen LogP contribution < -0.4 is 0 Å². The molecule has 1 aliphatic heterocycles. The second kappa shape index (κ2) is 3.83. The van der Waals surface area contributed by atoms with E-state index in [4.69, 9.17) is 5.11 Å². The highest BCUT2D eigenvalue weighted by molar-refractivity contribution is 5.93. The van der Waals surface area contributed by atoms with Gasteiger partial charge < -0.3 is 10.0 Å². The van der Waals surface area contributed by atoms with E-state index in [0.29, 0.717) is 0 Å². The second-order valence-electron chi connectivity index (χ2n) is 4.18. The maximum atomic E-state index is 13.7. The van der Waals surface area contributed by atoms with Crippen molar-refractivity contribution in [2.75, 3.05) is 13.1 Å². The van der Waals surface area contributed by atoms with Crippen molar-refractivity contribution < 1.29 is 19.1 Å². The van der Waals surface area contributed by atoms with Crippen LogP contribution in [0.25, 0.3) is 0 Å². The number of hydrogen-bond acceptors (Lipinski definition) is 3. The minimum absolute atomic E-state index is 0.0908. The lowest BCUT2D eigenvalue weighted by molar-refractivity contribution is -0.149. The molecular formula is C10H12FN3O3. The lowest BCUT2D eigenvalue weighted by Crippen LogP contribution is -2.39. The summed E-state index contributed by atoms with van der Waals surface area (Å²) in [7, 11) is 0. The van der Waals surface area contributed by atoms with Crippen molar-refractivity contribution in [3.63, 3.8) is 0 Å². The van der Waals surface area contributed by atoms with Gasteiger partial charge in [-0.15, -0.1) is 0 Å². The van der Waals surface area contributed by atoms with Crippen LogP contribution in [-0.2, 0) is 4.79 Å². The largest absolute Gasteiger partial charge is 0.479 e. The maximum absolute atomic E-state index is 13.7. The topological polar surface area (TPSA) is 86.3 Å². The summed E-state index contributed by atoms with van der Waals surface area (Å²) in [6.07, 6.45) is -0.183. The van der Waals surface area contributed by atoms with Crippen LogP contribution in [0.5, 0.6) is 0 Å². The predicted octanol–water partition coefficient (Wildman–Crippen LogP) is 0.357. The van der Waals surface area contributed by atoms with Gasteiger partial charge in [-0.05, 0) is 13.0 Å². The van der Waals surface area contributed by atoms with Gasteiger partial charge in [0.15, 0.2) is 0 Å². The van der Waals surface area contributed by atoms with Crippen LogP contribution in [0.2, 0.25) is 0 Å². The molecule has 0 radical (unpaired) electrons. The van der Waals surface area contributed by atoms with E-state index in [1.165, 1.54) is 4.90 Å². The summed E-state index contributed by atoms with van der Waals surface area (Å²) in [5, 5.41) is 15.1. The van der Waals surface area contributed by atoms with Crippen molar-refractivity contribution in [2.45, 2.75) is 19.0 Å². The van der Waals surface area contributed by atoms with E-state index < -0.39 is 24.1 Å². The summed E-state index contributed by atoms with van der Waals surface area (Å²) in [5.41, 5.74) is -1.43. The fourth-order valence-electron chi connectivity index (χ4n) is 1.81. The Morgan fingerprint density at radius 2 is 2.35 bits per heavy atom. The molecule has 6 nitrogen and oxygen atoms in total. The SMILES string of the molecule is Cc1cc(C(=O)N2CCC(F)(C(=O)O)C2)n[nH]1. The highest BCUT2D eigenvalue weighted by Crippen LogP contribution is 2.26. The molecule has 0 aromatic carbocycles. The summed E-state index contributed by atoms with van der Waals surface area (Å²) in [6.45, 7) is 1.41. The maximum Gasteiger partial charge on any atom is 0.343 e. The minimum Gasteiger partial charge on any atom is -0.479 e. The van der Waals surface area contributed by atoms with E-state index in [-0.39, 0.29) is 18.7 Å². The van der Waals surface area contributed by atoms with E-state index in [2.05, 4.69) is 10.2 Å².